The number of nitrogens with zero attached hydrogens (tertiary/aromatic N) is 2. The first-order valence-electron chi connectivity index (χ1n) is 5.98. The number of aromatic nitrogens is 2. The molecule has 1 fully saturated rings. The summed E-state index contributed by atoms with van der Waals surface area (Å²) >= 11 is 1.29. The van der Waals surface area contributed by atoms with Gasteiger partial charge in [-0.15, -0.1) is 0 Å². The van der Waals surface area contributed by atoms with E-state index in [9.17, 15) is 0 Å². The third kappa shape index (κ3) is 3.23. The molecule has 4 nitrogen and oxygen atoms in total. The van der Waals surface area contributed by atoms with Gasteiger partial charge in [0, 0.05) is 13.2 Å². The van der Waals surface area contributed by atoms with Crippen LogP contribution in [0.4, 0.5) is 0 Å². The third-order valence-electron chi connectivity index (χ3n) is 3.10. The third-order valence-corrected chi connectivity index (χ3v) is 3.59. The van der Waals surface area contributed by atoms with Crippen molar-refractivity contribution in [2.75, 3.05) is 19.8 Å². The fourth-order valence-electron chi connectivity index (χ4n) is 2.20. The normalized spacial score (nSPS) is 19.8. The maximum absolute atomic E-state index is 5.39. The summed E-state index contributed by atoms with van der Waals surface area (Å²) in [5, 5.41) is 3.50. The molecule has 0 spiro atoms. The second-order valence-electron chi connectivity index (χ2n) is 4.23. The summed E-state index contributed by atoms with van der Waals surface area (Å²) in [4.78, 5) is 0. The Hall–Kier alpha value is -0.520. The van der Waals surface area contributed by atoms with Gasteiger partial charge < -0.3 is 10.1 Å². The summed E-state index contributed by atoms with van der Waals surface area (Å²) < 4.78 is 13.8. The van der Waals surface area contributed by atoms with E-state index in [1.807, 2.05) is 6.20 Å². The van der Waals surface area contributed by atoms with Gasteiger partial charge in [0.25, 0.3) is 0 Å². The standard InChI is InChI=1S/C11H19N3OS/c1-2-12-10(11-8-13-16-14-11)7-9-3-5-15-6-4-9/h8-10,12H,2-7H2,1H3. The second-order valence-corrected chi connectivity index (χ2v) is 4.79. The molecule has 16 heavy (non-hydrogen) atoms. The lowest BCUT2D eigenvalue weighted by Crippen LogP contribution is -2.26. The fraction of sp³-hybridized carbons (Fsp3) is 0.818. The molecule has 0 radical (unpaired) electrons. The molecule has 1 N–H and O–H groups in total. The van der Waals surface area contributed by atoms with Crippen molar-refractivity contribution in [2.24, 2.45) is 5.92 Å². The molecule has 1 aromatic heterocycles. The lowest BCUT2D eigenvalue weighted by Gasteiger charge is -2.26. The number of rotatable bonds is 5. The predicted molar refractivity (Wildman–Crippen MR) is 64.5 cm³/mol. The molecule has 90 valence electrons. The first-order valence-corrected chi connectivity index (χ1v) is 6.71. The molecule has 0 amide bonds. The average molecular weight is 241 g/mol. The van der Waals surface area contributed by atoms with Crippen LogP contribution in [-0.4, -0.2) is 28.5 Å². The van der Waals surface area contributed by atoms with E-state index in [0.29, 0.717) is 6.04 Å². The summed E-state index contributed by atoms with van der Waals surface area (Å²) in [7, 11) is 0. The van der Waals surface area contributed by atoms with E-state index in [1.165, 1.54) is 24.6 Å². The van der Waals surface area contributed by atoms with E-state index in [0.717, 1.165) is 37.8 Å². The van der Waals surface area contributed by atoms with Crippen molar-refractivity contribution in [1.82, 2.24) is 14.1 Å². The van der Waals surface area contributed by atoms with Crippen LogP contribution < -0.4 is 5.32 Å². The molecule has 1 aliphatic heterocycles. The zero-order valence-corrected chi connectivity index (χ0v) is 10.5. The lowest BCUT2D eigenvalue weighted by atomic mass is 9.91. The predicted octanol–water partition coefficient (Wildman–Crippen LogP) is 2.01. The Morgan fingerprint density at radius 3 is 3.00 bits per heavy atom. The van der Waals surface area contributed by atoms with E-state index in [4.69, 9.17) is 4.74 Å². The number of hydrogen-bond acceptors (Lipinski definition) is 5. The fourth-order valence-corrected chi connectivity index (χ4v) is 2.67. The molecular weight excluding hydrogens is 222 g/mol. The summed E-state index contributed by atoms with van der Waals surface area (Å²) in [6, 6.07) is 0.367. The van der Waals surface area contributed by atoms with Crippen molar-refractivity contribution in [3.05, 3.63) is 11.9 Å². The van der Waals surface area contributed by atoms with Crippen molar-refractivity contribution < 1.29 is 4.74 Å². The van der Waals surface area contributed by atoms with Gasteiger partial charge in [-0.25, -0.2) is 0 Å². The number of ether oxygens (including phenoxy) is 1. The highest BCUT2D eigenvalue weighted by Gasteiger charge is 2.21. The molecule has 1 saturated heterocycles. The van der Waals surface area contributed by atoms with Crippen LogP contribution in [0.15, 0.2) is 6.20 Å². The monoisotopic (exact) mass is 241 g/mol. The smallest absolute Gasteiger partial charge is 0.0912 e. The minimum Gasteiger partial charge on any atom is -0.381 e. The van der Waals surface area contributed by atoms with Crippen LogP contribution in [0, 0.1) is 5.92 Å². The van der Waals surface area contributed by atoms with Gasteiger partial charge in [0.1, 0.15) is 0 Å². The summed E-state index contributed by atoms with van der Waals surface area (Å²) in [5.74, 6) is 0.763. The van der Waals surface area contributed by atoms with Gasteiger partial charge in [-0.3, -0.25) is 0 Å². The van der Waals surface area contributed by atoms with Gasteiger partial charge in [-0.1, -0.05) is 6.92 Å². The molecule has 2 heterocycles. The first-order chi connectivity index (χ1) is 7.90. The Bertz CT molecular complexity index is 285. The molecule has 2 rings (SSSR count). The van der Waals surface area contributed by atoms with Crippen LogP contribution >= 0.6 is 11.7 Å². The van der Waals surface area contributed by atoms with Gasteiger partial charge in [-0.2, -0.15) is 8.75 Å². The molecule has 0 aromatic carbocycles. The quantitative estimate of drug-likeness (QED) is 0.856. The average Bonchev–Trinajstić information content (AvgIpc) is 2.83. The van der Waals surface area contributed by atoms with Crippen LogP contribution in [-0.2, 0) is 4.74 Å². The van der Waals surface area contributed by atoms with Crippen molar-refractivity contribution >= 4 is 11.7 Å². The molecule has 1 aliphatic rings. The van der Waals surface area contributed by atoms with Gasteiger partial charge in [0.05, 0.1) is 29.7 Å². The molecule has 5 heteroatoms. The van der Waals surface area contributed by atoms with E-state index >= 15 is 0 Å². The van der Waals surface area contributed by atoms with E-state index in [-0.39, 0.29) is 0 Å². The maximum atomic E-state index is 5.39. The Kier molecular flexibility index (Phi) is 4.69. The first kappa shape index (κ1) is 12.0. The van der Waals surface area contributed by atoms with E-state index < -0.39 is 0 Å². The van der Waals surface area contributed by atoms with Crippen molar-refractivity contribution in [3.63, 3.8) is 0 Å². The minimum atomic E-state index is 0.367. The van der Waals surface area contributed by atoms with Crippen LogP contribution in [0.2, 0.25) is 0 Å². The zero-order valence-electron chi connectivity index (χ0n) is 9.69. The van der Waals surface area contributed by atoms with Gasteiger partial charge >= 0.3 is 0 Å². The molecular formula is C11H19N3OS. The topological polar surface area (TPSA) is 47.0 Å². The van der Waals surface area contributed by atoms with E-state index in [2.05, 4.69) is 21.0 Å². The molecule has 0 bridgehead atoms. The maximum Gasteiger partial charge on any atom is 0.0912 e. The van der Waals surface area contributed by atoms with Crippen LogP contribution in [0.5, 0.6) is 0 Å². The van der Waals surface area contributed by atoms with Crippen LogP contribution in [0.1, 0.15) is 37.9 Å². The number of hydrogen-bond donors (Lipinski definition) is 1. The SMILES string of the molecule is CCNC(CC1CCOCC1)c1cnsn1. The Morgan fingerprint density at radius 2 is 2.38 bits per heavy atom. The van der Waals surface area contributed by atoms with Gasteiger partial charge in [-0.05, 0) is 31.7 Å². The van der Waals surface area contributed by atoms with Crippen LogP contribution in [0.25, 0.3) is 0 Å². The highest BCUT2D eigenvalue weighted by Crippen LogP contribution is 2.26. The lowest BCUT2D eigenvalue weighted by molar-refractivity contribution is 0.0604. The molecule has 1 atom stereocenters. The largest absolute Gasteiger partial charge is 0.381 e. The summed E-state index contributed by atoms with van der Waals surface area (Å²) in [6.07, 6.45) is 5.40. The van der Waals surface area contributed by atoms with Crippen molar-refractivity contribution in [3.8, 4) is 0 Å². The summed E-state index contributed by atoms with van der Waals surface area (Å²) in [5.41, 5.74) is 1.10. The Labute approximate surface area is 101 Å². The van der Waals surface area contributed by atoms with Gasteiger partial charge in [0.2, 0.25) is 0 Å². The van der Waals surface area contributed by atoms with Crippen LogP contribution in [0.3, 0.4) is 0 Å². The van der Waals surface area contributed by atoms with E-state index in [1.54, 1.807) is 0 Å². The highest BCUT2D eigenvalue weighted by molar-refractivity contribution is 6.99. The minimum absolute atomic E-state index is 0.367. The number of nitrogens with one attached hydrogen (secondary N) is 1. The second kappa shape index (κ2) is 6.27. The molecule has 1 unspecified atom stereocenters. The Morgan fingerprint density at radius 1 is 1.56 bits per heavy atom. The zero-order chi connectivity index (χ0) is 11.2. The molecule has 0 aliphatic carbocycles. The highest BCUT2D eigenvalue weighted by atomic mass is 32.1. The molecule has 1 aromatic rings. The van der Waals surface area contributed by atoms with Crippen molar-refractivity contribution in [2.45, 2.75) is 32.2 Å². The summed E-state index contributed by atoms with van der Waals surface area (Å²) in [6.45, 7) is 4.94. The molecule has 0 saturated carbocycles. The Balaban J connectivity index is 1.91. The van der Waals surface area contributed by atoms with Gasteiger partial charge in [0.15, 0.2) is 0 Å². The van der Waals surface area contributed by atoms with Crippen molar-refractivity contribution in [1.29, 1.82) is 0 Å².